The van der Waals surface area contributed by atoms with Gasteiger partial charge in [-0.3, -0.25) is 0 Å². The number of hydrogen-bond acceptors (Lipinski definition) is 5. The first-order valence-electron chi connectivity index (χ1n) is 7.91. The highest BCUT2D eigenvalue weighted by atomic mass is 32.2. The first kappa shape index (κ1) is 16.6. The lowest BCUT2D eigenvalue weighted by atomic mass is 10.3. The van der Waals surface area contributed by atoms with Crippen molar-refractivity contribution in [1.29, 1.82) is 0 Å². The minimum absolute atomic E-state index is 0.119. The molecule has 1 aliphatic heterocycles. The quantitative estimate of drug-likeness (QED) is 0.810. The van der Waals surface area contributed by atoms with Crippen molar-refractivity contribution in [3.05, 3.63) is 24.3 Å². The van der Waals surface area contributed by atoms with Crippen LogP contribution in [0.2, 0.25) is 0 Å². The highest BCUT2D eigenvalue weighted by Gasteiger charge is 2.41. The second-order valence-corrected chi connectivity index (χ2v) is 8.45. The number of sulfonamides is 1. The lowest BCUT2D eigenvalue weighted by Crippen LogP contribution is -2.50. The summed E-state index contributed by atoms with van der Waals surface area (Å²) < 4.78 is 65.9. The molecule has 0 radical (unpaired) electrons. The van der Waals surface area contributed by atoms with Crippen LogP contribution in [-0.2, 0) is 16.2 Å². The van der Waals surface area contributed by atoms with Gasteiger partial charge in [0.05, 0.1) is 5.25 Å². The molecule has 0 N–H and O–H groups in total. The molecule has 7 nitrogen and oxygen atoms in total. The third-order valence-corrected chi connectivity index (χ3v) is 6.89. The number of piperazine rings is 1. The molecule has 0 atom stereocenters. The fourth-order valence-corrected chi connectivity index (χ4v) is 4.82. The van der Waals surface area contributed by atoms with Gasteiger partial charge in [0.1, 0.15) is 0 Å². The van der Waals surface area contributed by atoms with Crippen LogP contribution in [0.4, 0.5) is 19.0 Å². The molecule has 136 valence electrons. The molecule has 4 rings (SSSR count). The van der Waals surface area contributed by atoms with Crippen LogP contribution in [0.25, 0.3) is 5.65 Å². The summed E-state index contributed by atoms with van der Waals surface area (Å²) >= 11 is 0. The Hall–Kier alpha value is -1.88. The molecule has 1 saturated carbocycles. The predicted molar refractivity (Wildman–Crippen MR) is 83.7 cm³/mol. The fourth-order valence-electron chi connectivity index (χ4n) is 3.00. The van der Waals surface area contributed by atoms with Crippen molar-refractivity contribution in [3.63, 3.8) is 0 Å². The summed E-state index contributed by atoms with van der Waals surface area (Å²) in [5.74, 6) is 0.335. The van der Waals surface area contributed by atoms with Crippen LogP contribution in [-0.4, -0.2) is 58.5 Å². The maximum absolute atomic E-state index is 12.9. The zero-order valence-electron chi connectivity index (χ0n) is 13.1. The van der Waals surface area contributed by atoms with Gasteiger partial charge in [-0.1, -0.05) is 0 Å². The first-order chi connectivity index (χ1) is 11.8. The van der Waals surface area contributed by atoms with E-state index in [4.69, 9.17) is 0 Å². The average molecular weight is 375 g/mol. The number of nitrogens with zero attached hydrogens (tertiary/aromatic N) is 5. The molecule has 0 amide bonds. The summed E-state index contributed by atoms with van der Waals surface area (Å²) in [6.07, 6.45) is 0.635. The van der Waals surface area contributed by atoms with Crippen LogP contribution in [0.15, 0.2) is 18.6 Å². The Kier molecular flexibility index (Phi) is 3.69. The van der Waals surface area contributed by atoms with Gasteiger partial charge in [-0.25, -0.2) is 18.4 Å². The normalized spacial score (nSPS) is 20.4. The predicted octanol–water partition coefficient (Wildman–Crippen LogP) is 1.36. The fraction of sp³-hybridized carbons (Fsp3) is 0.571. The van der Waals surface area contributed by atoms with E-state index in [0.717, 1.165) is 6.20 Å². The molecule has 2 aromatic heterocycles. The van der Waals surface area contributed by atoms with Gasteiger partial charge in [0.25, 0.3) is 0 Å². The van der Waals surface area contributed by atoms with Crippen molar-refractivity contribution < 1.29 is 21.6 Å². The molecule has 0 spiro atoms. The Bertz CT molecular complexity index is 899. The SMILES string of the molecule is O=S(=O)(C1CC1)N1CCN(c2nccn3cc(C(F)(F)F)nc23)CC1. The van der Waals surface area contributed by atoms with Crippen molar-refractivity contribution in [1.82, 2.24) is 18.7 Å². The summed E-state index contributed by atoms with van der Waals surface area (Å²) in [6.45, 7) is 1.34. The average Bonchev–Trinajstić information content (AvgIpc) is 3.33. The molecule has 11 heteroatoms. The van der Waals surface area contributed by atoms with Crippen LogP contribution in [0.5, 0.6) is 0 Å². The zero-order chi connectivity index (χ0) is 17.8. The van der Waals surface area contributed by atoms with Gasteiger partial charge >= 0.3 is 6.18 Å². The van der Waals surface area contributed by atoms with Gasteiger partial charge in [-0.05, 0) is 12.8 Å². The molecule has 1 saturated heterocycles. The van der Waals surface area contributed by atoms with Crippen LogP contribution >= 0.6 is 0 Å². The lowest BCUT2D eigenvalue weighted by molar-refractivity contribution is -0.140. The van der Waals surface area contributed by atoms with E-state index in [2.05, 4.69) is 9.97 Å². The monoisotopic (exact) mass is 375 g/mol. The largest absolute Gasteiger partial charge is 0.434 e. The summed E-state index contributed by atoms with van der Waals surface area (Å²) in [6, 6.07) is 0. The number of imidazole rings is 1. The Morgan fingerprint density at radius 3 is 2.40 bits per heavy atom. The van der Waals surface area contributed by atoms with Gasteiger partial charge in [-0.15, -0.1) is 0 Å². The molecule has 2 fully saturated rings. The van der Waals surface area contributed by atoms with Crippen molar-refractivity contribution in [3.8, 4) is 0 Å². The summed E-state index contributed by atoms with van der Waals surface area (Å²) in [5, 5.41) is -0.262. The molecule has 3 heterocycles. The third kappa shape index (κ3) is 2.95. The van der Waals surface area contributed by atoms with E-state index < -0.39 is 21.9 Å². The molecule has 25 heavy (non-hydrogen) atoms. The Morgan fingerprint density at radius 1 is 1.12 bits per heavy atom. The number of halogens is 3. The van der Waals surface area contributed by atoms with Crippen LogP contribution in [0, 0.1) is 0 Å². The van der Waals surface area contributed by atoms with Crippen molar-refractivity contribution >= 4 is 21.5 Å². The van der Waals surface area contributed by atoms with E-state index in [1.54, 1.807) is 4.90 Å². The zero-order valence-corrected chi connectivity index (χ0v) is 14.0. The van der Waals surface area contributed by atoms with Gasteiger partial charge < -0.3 is 9.30 Å². The molecule has 0 bridgehead atoms. The molecule has 1 aliphatic carbocycles. The summed E-state index contributed by atoms with van der Waals surface area (Å²) in [4.78, 5) is 9.61. The van der Waals surface area contributed by atoms with E-state index in [1.165, 1.54) is 21.1 Å². The third-order valence-electron chi connectivity index (χ3n) is 4.49. The Morgan fingerprint density at radius 2 is 1.80 bits per heavy atom. The Labute approximate surface area is 142 Å². The molecule has 0 aromatic carbocycles. The highest BCUT2D eigenvalue weighted by molar-refractivity contribution is 7.90. The number of rotatable bonds is 3. The van der Waals surface area contributed by atoms with E-state index in [1.807, 2.05) is 0 Å². The number of anilines is 1. The maximum Gasteiger partial charge on any atom is 0.434 e. The van der Waals surface area contributed by atoms with Gasteiger partial charge in [-0.2, -0.15) is 17.5 Å². The molecular formula is C14H16F3N5O2S. The minimum atomic E-state index is -4.53. The van der Waals surface area contributed by atoms with Gasteiger partial charge in [0.15, 0.2) is 17.2 Å². The lowest BCUT2D eigenvalue weighted by Gasteiger charge is -2.34. The number of aromatic nitrogens is 3. The van der Waals surface area contributed by atoms with Crippen molar-refractivity contribution in [2.75, 3.05) is 31.1 Å². The summed E-state index contributed by atoms with van der Waals surface area (Å²) in [7, 11) is -3.24. The van der Waals surface area contributed by atoms with Gasteiger partial charge in [0, 0.05) is 44.8 Å². The minimum Gasteiger partial charge on any atom is -0.351 e. The van der Waals surface area contributed by atoms with Crippen molar-refractivity contribution in [2.24, 2.45) is 0 Å². The maximum atomic E-state index is 12.9. The summed E-state index contributed by atoms with van der Waals surface area (Å²) in [5.41, 5.74) is -0.856. The number of alkyl halides is 3. The van der Waals surface area contributed by atoms with Crippen LogP contribution in [0.3, 0.4) is 0 Å². The van der Waals surface area contributed by atoms with E-state index >= 15 is 0 Å². The number of fused-ring (bicyclic) bond motifs is 1. The first-order valence-corrected chi connectivity index (χ1v) is 9.42. The smallest absolute Gasteiger partial charge is 0.351 e. The second kappa shape index (κ2) is 5.56. The Balaban J connectivity index is 1.58. The molecule has 2 aromatic rings. The molecular weight excluding hydrogens is 359 g/mol. The topological polar surface area (TPSA) is 70.8 Å². The second-order valence-electron chi connectivity index (χ2n) is 6.24. The van der Waals surface area contributed by atoms with Crippen LogP contribution < -0.4 is 4.90 Å². The van der Waals surface area contributed by atoms with Gasteiger partial charge in [0.2, 0.25) is 10.0 Å². The molecule has 0 unspecified atom stereocenters. The number of hydrogen-bond donors (Lipinski definition) is 0. The highest BCUT2D eigenvalue weighted by Crippen LogP contribution is 2.33. The van der Waals surface area contributed by atoms with Crippen molar-refractivity contribution in [2.45, 2.75) is 24.3 Å². The van der Waals surface area contributed by atoms with E-state index in [0.29, 0.717) is 44.8 Å². The van der Waals surface area contributed by atoms with E-state index in [9.17, 15) is 21.6 Å². The van der Waals surface area contributed by atoms with E-state index in [-0.39, 0.29) is 10.9 Å². The molecule has 2 aliphatic rings. The standard InChI is InChI=1S/C14H16F3N5O2S/c15-14(16,17)11-9-21-4-3-18-12(13(21)19-11)20-5-7-22(8-6-20)25(23,24)10-1-2-10/h3-4,9-10H,1-2,5-8H2. The van der Waals surface area contributed by atoms with Crippen LogP contribution in [0.1, 0.15) is 18.5 Å².